The maximum Gasteiger partial charge on any atom is 0.328 e. The molecule has 6 aromatic rings. The third kappa shape index (κ3) is 9.19. The molecule has 0 aliphatic carbocycles. The molecule has 6 heterocycles. The van der Waals surface area contributed by atoms with Crippen molar-refractivity contribution in [2.75, 3.05) is 67.1 Å². The van der Waals surface area contributed by atoms with Gasteiger partial charge in [0.05, 0.1) is 11.7 Å². The van der Waals surface area contributed by atoms with Crippen molar-refractivity contribution in [3.8, 4) is 22.5 Å². The summed E-state index contributed by atoms with van der Waals surface area (Å²) in [5.41, 5.74) is 12.0. The molecule has 1 atom stereocenters. The molecular weight excluding hydrogens is 819 g/mol. The SMILES string of the molecule is Cc1cc(N2CCN(CC3CCN(c4ccc(N5CCC(=O)NC5=O)c(C)c4)CC3)CC2)ccc1-c1cc2c(-c3ccc([C@@H](C)NC(=O)c4nc(C(C)(C)C)no4)c(C)c3)ncnc2[nH]1. The van der Waals surface area contributed by atoms with E-state index < -0.39 is 5.91 Å². The van der Waals surface area contributed by atoms with Crippen molar-refractivity contribution in [1.82, 2.24) is 40.6 Å². The number of piperazine rings is 1. The van der Waals surface area contributed by atoms with E-state index in [1.165, 1.54) is 16.9 Å². The molecule has 0 radical (unpaired) electrons. The summed E-state index contributed by atoms with van der Waals surface area (Å²) in [6, 6.07) is 20.8. The minimum Gasteiger partial charge on any atom is -0.372 e. The molecule has 338 valence electrons. The van der Waals surface area contributed by atoms with Crippen LogP contribution in [0.25, 0.3) is 33.5 Å². The predicted molar refractivity (Wildman–Crippen MR) is 253 cm³/mol. The smallest absolute Gasteiger partial charge is 0.328 e. The molecule has 15 nitrogen and oxygen atoms in total. The number of rotatable bonds is 10. The Morgan fingerprint density at radius 2 is 1.57 bits per heavy atom. The minimum absolute atomic E-state index is 0.0452. The number of aryl methyl sites for hydroxylation is 3. The first-order chi connectivity index (χ1) is 31.2. The Balaban J connectivity index is 0.786. The van der Waals surface area contributed by atoms with Gasteiger partial charge in [0.2, 0.25) is 5.91 Å². The number of anilines is 3. The monoisotopic (exact) mass is 877 g/mol. The van der Waals surface area contributed by atoms with Gasteiger partial charge in [0.25, 0.3) is 0 Å². The first-order valence-corrected chi connectivity index (χ1v) is 22.8. The van der Waals surface area contributed by atoms with Crippen LogP contribution in [0, 0.1) is 26.7 Å². The lowest BCUT2D eigenvalue weighted by Gasteiger charge is -2.40. The van der Waals surface area contributed by atoms with Gasteiger partial charge in [-0.3, -0.25) is 24.7 Å². The maximum absolute atomic E-state index is 13.0. The predicted octanol–water partition coefficient (Wildman–Crippen LogP) is 7.87. The van der Waals surface area contributed by atoms with Crippen molar-refractivity contribution < 1.29 is 18.9 Å². The fraction of sp³-hybridized carbons (Fsp3) is 0.420. The molecule has 3 aliphatic heterocycles. The molecule has 0 unspecified atom stereocenters. The summed E-state index contributed by atoms with van der Waals surface area (Å²) in [5, 5.41) is 10.4. The van der Waals surface area contributed by atoms with Crippen LogP contribution < -0.4 is 25.3 Å². The molecule has 4 amide bonds. The molecule has 65 heavy (non-hydrogen) atoms. The number of nitrogens with zero attached hydrogens (tertiary/aromatic N) is 8. The Morgan fingerprint density at radius 3 is 2.25 bits per heavy atom. The Labute approximate surface area is 380 Å². The molecule has 0 bridgehead atoms. The third-order valence-corrected chi connectivity index (χ3v) is 13.3. The average Bonchev–Trinajstić information content (AvgIpc) is 3.96. The molecule has 3 aromatic heterocycles. The first kappa shape index (κ1) is 43.6. The number of nitrogens with one attached hydrogen (secondary N) is 3. The lowest BCUT2D eigenvalue weighted by molar-refractivity contribution is -0.120. The number of aromatic amines is 1. The molecule has 3 fully saturated rings. The molecule has 0 spiro atoms. The van der Waals surface area contributed by atoms with Gasteiger partial charge in [-0.25, -0.2) is 14.8 Å². The zero-order valence-electron chi connectivity index (χ0n) is 38.5. The molecule has 3 N–H and O–H groups in total. The normalized spacial score (nSPS) is 17.2. The van der Waals surface area contributed by atoms with Crippen LogP contribution >= 0.6 is 0 Å². The van der Waals surface area contributed by atoms with Crippen molar-refractivity contribution in [3.63, 3.8) is 0 Å². The Hall–Kier alpha value is -6.61. The summed E-state index contributed by atoms with van der Waals surface area (Å²) < 4.78 is 5.26. The lowest BCUT2D eigenvalue weighted by Crippen LogP contribution is -2.49. The van der Waals surface area contributed by atoms with Crippen LogP contribution in [0.1, 0.15) is 91.8 Å². The molecule has 3 saturated heterocycles. The van der Waals surface area contributed by atoms with Crippen molar-refractivity contribution in [1.29, 1.82) is 0 Å². The number of benzene rings is 3. The second-order valence-electron chi connectivity index (χ2n) is 19.1. The molecule has 15 heteroatoms. The molecular formula is C50H59N11O4. The number of hydrogen-bond acceptors (Lipinski definition) is 11. The molecule has 3 aliphatic rings. The topological polar surface area (TPSA) is 169 Å². The van der Waals surface area contributed by atoms with Gasteiger partial charge in [0.1, 0.15) is 12.0 Å². The van der Waals surface area contributed by atoms with Crippen molar-refractivity contribution in [3.05, 3.63) is 101 Å². The van der Waals surface area contributed by atoms with Crippen molar-refractivity contribution in [2.24, 2.45) is 5.92 Å². The third-order valence-electron chi connectivity index (χ3n) is 13.3. The summed E-state index contributed by atoms with van der Waals surface area (Å²) in [7, 11) is 0. The van der Waals surface area contributed by atoms with Gasteiger partial charge < -0.3 is 24.6 Å². The summed E-state index contributed by atoms with van der Waals surface area (Å²) in [6.07, 6.45) is 4.25. The van der Waals surface area contributed by atoms with Gasteiger partial charge in [-0.1, -0.05) is 44.1 Å². The Kier molecular flexibility index (Phi) is 11.9. The standard InChI is InChI=1S/C50H59N11O4/c1-30-24-35(8-11-38(30)33(4)53-46(63)47-56-48(57-65-47)50(5,6)7)44-40-27-41(54-45(40)52-29-51-44)39-12-9-36(25-31(39)2)60-22-20-58(21-23-60)28-34-14-17-59(18-15-34)37-10-13-42(32(3)26-37)61-19-16-43(62)55-49(61)64/h8-13,24-27,29,33-34H,14-23,28H2,1-7H3,(H,53,63)(H,51,52,54)(H,55,62,64)/t33-/m1/s1. The van der Waals surface area contributed by atoms with Crippen LogP contribution in [0.5, 0.6) is 0 Å². The fourth-order valence-electron chi connectivity index (χ4n) is 9.59. The van der Waals surface area contributed by atoms with Crippen LogP contribution in [0.4, 0.5) is 21.9 Å². The van der Waals surface area contributed by atoms with E-state index in [4.69, 9.17) is 9.51 Å². The van der Waals surface area contributed by atoms with E-state index in [1.54, 1.807) is 11.2 Å². The number of amides is 4. The lowest BCUT2D eigenvalue weighted by atomic mass is 9.95. The quantitative estimate of drug-likeness (QED) is 0.123. The number of carbonyl (C=O) groups is 3. The van der Waals surface area contributed by atoms with Gasteiger partial charge in [-0.05, 0) is 111 Å². The Bertz CT molecular complexity index is 2750. The number of carbonyl (C=O) groups excluding carboxylic acids is 3. The highest BCUT2D eigenvalue weighted by Crippen LogP contribution is 2.35. The number of piperidine rings is 1. The maximum atomic E-state index is 13.0. The van der Waals surface area contributed by atoms with Gasteiger partial charge in [0, 0.05) is 103 Å². The van der Waals surface area contributed by atoms with Crippen LogP contribution in [0.15, 0.2) is 71.5 Å². The minimum atomic E-state index is -0.406. The second-order valence-corrected chi connectivity index (χ2v) is 19.1. The zero-order chi connectivity index (χ0) is 45.6. The van der Waals surface area contributed by atoms with E-state index >= 15 is 0 Å². The summed E-state index contributed by atoms with van der Waals surface area (Å²) in [4.78, 5) is 63.5. The van der Waals surface area contributed by atoms with Gasteiger partial charge >= 0.3 is 17.8 Å². The van der Waals surface area contributed by atoms with Crippen molar-refractivity contribution in [2.45, 2.75) is 79.2 Å². The van der Waals surface area contributed by atoms with E-state index in [2.05, 4.69) is 94.8 Å². The van der Waals surface area contributed by atoms with E-state index in [0.29, 0.717) is 24.7 Å². The van der Waals surface area contributed by atoms with Gasteiger partial charge in [-0.15, -0.1) is 0 Å². The molecule has 9 rings (SSSR count). The summed E-state index contributed by atoms with van der Waals surface area (Å²) >= 11 is 0. The fourth-order valence-corrected chi connectivity index (χ4v) is 9.59. The van der Waals surface area contributed by atoms with Crippen LogP contribution in [-0.2, 0) is 10.2 Å². The van der Waals surface area contributed by atoms with E-state index in [1.807, 2.05) is 59.7 Å². The van der Waals surface area contributed by atoms with Crippen LogP contribution in [0.2, 0.25) is 0 Å². The highest BCUT2D eigenvalue weighted by Gasteiger charge is 2.29. The largest absolute Gasteiger partial charge is 0.372 e. The summed E-state index contributed by atoms with van der Waals surface area (Å²) in [5.74, 6) is 0.498. The number of fused-ring (bicyclic) bond motifs is 1. The number of urea groups is 1. The van der Waals surface area contributed by atoms with Crippen LogP contribution in [0.3, 0.4) is 0 Å². The Morgan fingerprint density at radius 1 is 0.846 bits per heavy atom. The zero-order valence-corrected chi connectivity index (χ0v) is 38.5. The highest BCUT2D eigenvalue weighted by atomic mass is 16.5. The highest BCUT2D eigenvalue weighted by molar-refractivity contribution is 6.06. The number of hydrogen-bond donors (Lipinski definition) is 3. The molecule has 3 aromatic carbocycles. The van der Waals surface area contributed by atoms with Crippen molar-refractivity contribution >= 4 is 45.9 Å². The van der Waals surface area contributed by atoms with Gasteiger partial charge in [0.15, 0.2) is 5.82 Å². The average molecular weight is 878 g/mol. The number of H-pyrrole nitrogens is 1. The number of aromatic nitrogens is 5. The van der Waals surface area contributed by atoms with E-state index in [-0.39, 0.29) is 29.3 Å². The first-order valence-electron chi connectivity index (χ1n) is 22.8. The van der Waals surface area contributed by atoms with E-state index in [9.17, 15) is 14.4 Å². The summed E-state index contributed by atoms with van der Waals surface area (Å²) in [6.45, 7) is 21.8. The van der Waals surface area contributed by atoms with Crippen LogP contribution in [-0.4, -0.2) is 100 Å². The van der Waals surface area contributed by atoms with E-state index in [0.717, 1.165) is 115 Å². The van der Waals surface area contributed by atoms with Gasteiger partial charge in [-0.2, -0.15) is 4.98 Å². The second kappa shape index (κ2) is 17.8. The number of imide groups is 1. The molecule has 0 saturated carbocycles.